The summed E-state index contributed by atoms with van der Waals surface area (Å²) in [7, 11) is 0. The topological polar surface area (TPSA) is 14.8 Å². The third-order valence-electron chi connectivity index (χ3n) is 13.0. The predicted molar refractivity (Wildman–Crippen MR) is 266 cm³/mol. The average molecular weight is 802 g/mol. The van der Waals surface area contributed by atoms with E-state index in [2.05, 4.69) is 250 Å². The van der Waals surface area contributed by atoms with Gasteiger partial charge in [-0.1, -0.05) is 146 Å². The van der Waals surface area contributed by atoms with Crippen LogP contribution in [0.1, 0.15) is 0 Å². The Hall–Kier alpha value is -8.40. The van der Waals surface area contributed by atoms with Gasteiger partial charge in [0, 0.05) is 54.9 Å². The third-order valence-corrected chi connectivity index (χ3v) is 13.0. The van der Waals surface area contributed by atoms with Crippen molar-refractivity contribution in [2.24, 2.45) is 0 Å². The van der Waals surface area contributed by atoms with Gasteiger partial charge in [-0.25, -0.2) is 0 Å². The SMILES string of the molecule is c1ccc(-n2c3ccccc3c3cc(-c4cccc(-c5cc(-c6cccc(-n7c8ccccc8c8ccccc87)c6)c6c(c5)c5ccccc5n6-c5ccccc5)c4)ccc32)cc1. The van der Waals surface area contributed by atoms with Crippen LogP contribution in [0.2, 0.25) is 0 Å². The van der Waals surface area contributed by atoms with Crippen LogP contribution in [0.15, 0.2) is 237 Å². The number of benzene rings is 10. The molecule has 0 unspecified atom stereocenters. The van der Waals surface area contributed by atoms with Crippen molar-refractivity contribution in [3.05, 3.63) is 237 Å². The second kappa shape index (κ2) is 14.1. The fraction of sp³-hybridized carbons (Fsp3) is 0. The third kappa shape index (κ3) is 5.53. The van der Waals surface area contributed by atoms with E-state index in [9.17, 15) is 0 Å². The highest BCUT2D eigenvalue weighted by molar-refractivity contribution is 6.16. The monoisotopic (exact) mass is 801 g/mol. The van der Waals surface area contributed by atoms with Crippen LogP contribution >= 0.6 is 0 Å². The number of aromatic nitrogens is 3. The Morgan fingerprint density at radius 1 is 0.206 bits per heavy atom. The number of para-hydroxylation sites is 6. The van der Waals surface area contributed by atoms with E-state index in [4.69, 9.17) is 0 Å². The lowest BCUT2D eigenvalue weighted by atomic mass is 9.93. The molecule has 294 valence electrons. The van der Waals surface area contributed by atoms with Crippen LogP contribution in [0.4, 0.5) is 0 Å². The Labute approximate surface area is 364 Å². The van der Waals surface area contributed by atoms with Crippen LogP contribution in [-0.4, -0.2) is 13.7 Å². The van der Waals surface area contributed by atoms with Gasteiger partial charge in [-0.2, -0.15) is 0 Å². The zero-order valence-corrected chi connectivity index (χ0v) is 34.4. The summed E-state index contributed by atoms with van der Waals surface area (Å²) in [5, 5.41) is 7.47. The maximum Gasteiger partial charge on any atom is 0.0619 e. The smallest absolute Gasteiger partial charge is 0.0619 e. The fourth-order valence-corrected chi connectivity index (χ4v) is 10.2. The van der Waals surface area contributed by atoms with Crippen LogP contribution in [0.25, 0.3) is 116 Å². The van der Waals surface area contributed by atoms with E-state index >= 15 is 0 Å². The molecule has 3 nitrogen and oxygen atoms in total. The van der Waals surface area contributed by atoms with Gasteiger partial charge < -0.3 is 13.7 Å². The molecule has 3 heteroatoms. The van der Waals surface area contributed by atoms with Crippen molar-refractivity contribution in [1.82, 2.24) is 13.7 Å². The zero-order chi connectivity index (χ0) is 41.4. The lowest BCUT2D eigenvalue weighted by molar-refractivity contribution is 1.17. The highest BCUT2D eigenvalue weighted by atomic mass is 15.0. The average Bonchev–Trinajstić information content (AvgIpc) is 4.00. The highest BCUT2D eigenvalue weighted by Gasteiger charge is 2.20. The van der Waals surface area contributed by atoms with Crippen molar-refractivity contribution in [2.75, 3.05) is 0 Å². The minimum Gasteiger partial charge on any atom is -0.309 e. The molecule has 13 rings (SSSR count). The largest absolute Gasteiger partial charge is 0.309 e. The maximum atomic E-state index is 2.45. The molecule has 0 spiro atoms. The first-order chi connectivity index (χ1) is 31.3. The van der Waals surface area contributed by atoms with Crippen molar-refractivity contribution < 1.29 is 0 Å². The summed E-state index contributed by atoms with van der Waals surface area (Å²) in [6.45, 7) is 0. The molecule has 0 radical (unpaired) electrons. The normalized spacial score (nSPS) is 11.8. The van der Waals surface area contributed by atoms with Crippen molar-refractivity contribution in [2.45, 2.75) is 0 Å². The molecule has 0 aliphatic carbocycles. The zero-order valence-electron chi connectivity index (χ0n) is 34.4. The minimum atomic E-state index is 1.14. The molecule has 0 bridgehead atoms. The predicted octanol–water partition coefficient (Wildman–Crippen LogP) is 16.0. The van der Waals surface area contributed by atoms with Gasteiger partial charge in [0.15, 0.2) is 0 Å². The lowest BCUT2D eigenvalue weighted by Crippen LogP contribution is -1.97. The van der Waals surface area contributed by atoms with Gasteiger partial charge in [-0.3, -0.25) is 0 Å². The van der Waals surface area contributed by atoms with Crippen molar-refractivity contribution >= 4 is 65.4 Å². The van der Waals surface area contributed by atoms with E-state index in [0.29, 0.717) is 0 Å². The number of rotatable bonds is 6. The molecule has 3 aromatic heterocycles. The lowest BCUT2D eigenvalue weighted by Gasteiger charge is -2.16. The standard InChI is InChI=1S/C60H39N3/c1-3-20-45(21-4-1)61-57-31-13-9-27-50(57)53-37-42(33-34-59(53)61)40-17-15-18-41(35-40)44-38-52(60-54(39-44)51-28-10-14-32-58(51)63(60)46-22-5-2-6-23-46)43-19-16-24-47(36-43)62-55-29-11-7-25-48(55)49-26-8-12-30-56(49)62/h1-39H. The highest BCUT2D eigenvalue weighted by Crippen LogP contribution is 2.43. The van der Waals surface area contributed by atoms with Gasteiger partial charge in [0.05, 0.1) is 33.1 Å². The summed E-state index contributed by atoms with van der Waals surface area (Å²) in [5.41, 5.74) is 17.7. The molecule has 0 aliphatic rings. The van der Waals surface area contributed by atoms with Crippen LogP contribution in [0.3, 0.4) is 0 Å². The molecular weight excluding hydrogens is 763 g/mol. The number of nitrogens with zero attached hydrogens (tertiary/aromatic N) is 3. The Balaban J connectivity index is 1.03. The van der Waals surface area contributed by atoms with E-state index in [1.54, 1.807) is 0 Å². The van der Waals surface area contributed by atoms with Crippen molar-refractivity contribution in [3.63, 3.8) is 0 Å². The molecule has 0 aliphatic heterocycles. The van der Waals surface area contributed by atoms with Crippen LogP contribution in [-0.2, 0) is 0 Å². The quantitative estimate of drug-likeness (QED) is 0.159. The molecule has 10 aromatic carbocycles. The van der Waals surface area contributed by atoms with Gasteiger partial charge in [0.1, 0.15) is 0 Å². The molecule has 0 amide bonds. The van der Waals surface area contributed by atoms with E-state index in [1.807, 2.05) is 0 Å². The Kier molecular flexibility index (Phi) is 7.91. The van der Waals surface area contributed by atoms with Crippen molar-refractivity contribution in [3.8, 4) is 50.4 Å². The molecule has 0 fully saturated rings. The van der Waals surface area contributed by atoms with Gasteiger partial charge in [-0.05, 0) is 119 Å². The summed E-state index contributed by atoms with van der Waals surface area (Å²) in [5.74, 6) is 0. The van der Waals surface area contributed by atoms with Gasteiger partial charge in [0.2, 0.25) is 0 Å². The molecule has 63 heavy (non-hydrogen) atoms. The summed E-state index contributed by atoms with van der Waals surface area (Å²) in [6.07, 6.45) is 0. The maximum absolute atomic E-state index is 2.45. The van der Waals surface area contributed by atoms with E-state index in [-0.39, 0.29) is 0 Å². The van der Waals surface area contributed by atoms with Gasteiger partial charge in [0.25, 0.3) is 0 Å². The molecular formula is C60H39N3. The molecule has 3 heterocycles. The summed E-state index contributed by atoms with van der Waals surface area (Å²) >= 11 is 0. The Morgan fingerprint density at radius 3 is 1.25 bits per heavy atom. The van der Waals surface area contributed by atoms with Gasteiger partial charge >= 0.3 is 0 Å². The molecule has 0 N–H and O–H groups in total. The Morgan fingerprint density at radius 2 is 0.619 bits per heavy atom. The fourth-order valence-electron chi connectivity index (χ4n) is 10.2. The van der Waals surface area contributed by atoms with Gasteiger partial charge in [-0.15, -0.1) is 0 Å². The molecule has 0 atom stereocenters. The second-order valence-electron chi connectivity index (χ2n) is 16.5. The van der Waals surface area contributed by atoms with E-state index in [0.717, 1.165) is 16.9 Å². The minimum absolute atomic E-state index is 1.14. The second-order valence-corrected chi connectivity index (χ2v) is 16.5. The Bertz CT molecular complexity index is 3850. The van der Waals surface area contributed by atoms with Crippen molar-refractivity contribution in [1.29, 1.82) is 0 Å². The van der Waals surface area contributed by atoms with E-state index < -0.39 is 0 Å². The molecule has 0 saturated carbocycles. The van der Waals surface area contributed by atoms with Crippen LogP contribution in [0.5, 0.6) is 0 Å². The molecule has 0 saturated heterocycles. The summed E-state index contributed by atoms with van der Waals surface area (Å²) < 4.78 is 7.25. The number of hydrogen-bond donors (Lipinski definition) is 0. The van der Waals surface area contributed by atoms with E-state index in [1.165, 1.54) is 98.9 Å². The molecule has 13 aromatic rings. The number of fused-ring (bicyclic) bond motifs is 9. The number of hydrogen-bond acceptors (Lipinski definition) is 0. The summed E-state index contributed by atoms with van der Waals surface area (Å²) in [4.78, 5) is 0. The summed E-state index contributed by atoms with van der Waals surface area (Å²) in [6, 6.07) is 86.5. The van der Waals surface area contributed by atoms with Crippen LogP contribution in [0, 0.1) is 0 Å². The first kappa shape index (κ1) is 35.4. The van der Waals surface area contributed by atoms with Crippen LogP contribution < -0.4 is 0 Å². The first-order valence-electron chi connectivity index (χ1n) is 21.7. The first-order valence-corrected chi connectivity index (χ1v) is 21.7.